The minimum Gasteiger partial charge on any atom is -0.292 e. The maximum Gasteiger partial charge on any atom is 0.320 e. The van der Waals surface area contributed by atoms with Crippen molar-refractivity contribution >= 4 is 11.0 Å². The Morgan fingerprint density at radius 1 is 1.12 bits per heavy atom. The van der Waals surface area contributed by atoms with Gasteiger partial charge in [0.25, 0.3) is 0 Å². The lowest BCUT2D eigenvalue weighted by Gasteiger charge is -2.25. The van der Waals surface area contributed by atoms with Gasteiger partial charge < -0.3 is 0 Å². The quantitative estimate of drug-likeness (QED) is 0.631. The van der Waals surface area contributed by atoms with Gasteiger partial charge in [-0.05, 0) is 51.1 Å². The molecule has 0 N–H and O–H groups in total. The van der Waals surface area contributed by atoms with E-state index in [0.717, 1.165) is 4.57 Å². The van der Waals surface area contributed by atoms with E-state index in [-0.39, 0.29) is 6.04 Å². The van der Waals surface area contributed by atoms with Crippen molar-refractivity contribution in [1.82, 2.24) is 14.5 Å². The van der Waals surface area contributed by atoms with E-state index < -0.39 is 6.55 Å². The van der Waals surface area contributed by atoms with Crippen molar-refractivity contribution in [2.45, 2.75) is 39.9 Å². The van der Waals surface area contributed by atoms with Crippen molar-refractivity contribution in [2.75, 3.05) is 7.05 Å². The molecule has 0 unspecified atom stereocenters. The standard InChI is InChI=1S/C20H23F2N3/c1-13-9-10-16(14(2)11-13)12-24(4)15(3)19-23-17-7-5-6-8-18(17)25(19)20(21)22/h5-11,15,20H,12H2,1-4H3/t15-/m0/s1. The summed E-state index contributed by atoms with van der Waals surface area (Å²) in [5, 5.41) is 0. The van der Waals surface area contributed by atoms with E-state index in [1.807, 2.05) is 20.0 Å². The van der Waals surface area contributed by atoms with Crippen LogP contribution in [0.15, 0.2) is 42.5 Å². The van der Waals surface area contributed by atoms with E-state index in [4.69, 9.17) is 0 Å². The Labute approximate surface area is 146 Å². The Hall–Kier alpha value is -2.27. The number of benzene rings is 2. The molecule has 5 heteroatoms. The molecule has 0 radical (unpaired) electrons. The van der Waals surface area contributed by atoms with Crippen molar-refractivity contribution in [3.05, 3.63) is 65.0 Å². The first kappa shape index (κ1) is 17.5. The fraction of sp³-hybridized carbons (Fsp3) is 0.350. The van der Waals surface area contributed by atoms with Crippen molar-refractivity contribution in [3.63, 3.8) is 0 Å². The molecule has 0 fully saturated rings. The number of rotatable bonds is 5. The zero-order valence-electron chi connectivity index (χ0n) is 15.0. The summed E-state index contributed by atoms with van der Waals surface area (Å²) in [7, 11) is 1.94. The SMILES string of the molecule is Cc1ccc(CN(C)[C@@H](C)c2nc3ccccc3n2C(F)F)c(C)c1. The first-order valence-corrected chi connectivity index (χ1v) is 8.40. The van der Waals surface area contributed by atoms with E-state index in [1.54, 1.807) is 18.2 Å². The normalized spacial score (nSPS) is 13.1. The summed E-state index contributed by atoms with van der Waals surface area (Å²) >= 11 is 0. The van der Waals surface area contributed by atoms with E-state index in [9.17, 15) is 8.78 Å². The lowest BCUT2D eigenvalue weighted by Crippen LogP contribution is -2.25. The van der Waals surface area contributed by atoms with Crippen LogP contribution in [0.3, 0.4) is 0 Å². The van der Waals surface area contributed by atoms with Crippen LogP contribution in [0.25, 0.3) is 11.0 Å². The van der Waals surface area contributed by atoms with Crippen LogP contribution in [-0.2, 0) is 6.54 Å². The lowest BCUT2D eigenvalue weighted by molar-refractivity contribution is 0.0657. The van der Waals surface area contributed by atoms with Gasteiger partial charge in [0.05, 0.1) is 17.1 Å². The van der Waals surface area contributed by atoms with Crippen molar-refractivity contribution in [3.8, 4) is 0 Å². The number of halogens is 2. The molecule has 3 nitrogen and oxygen atoms in total. The largest absolute Gasteiger partial charge is 0.320 e. The Balaban J connectivity index is 1.93. The van der Waals surface area contributed by atoms with Crippen LogP contribution < -0.4 is 0 Å². The number of hydrogen-bond donors (Lipinski definition) is 0. The third kappa shape index (κ3) is 3.42. The van der Waals surface area contributed by atoms with Gasteiger partial charge in [-0.1, -0.05) is 35.9 Å². The molecule has 1 heterocycles. The molecular weight excluding hydrogens is 320 g/mol. The number of aromatic nitrogens is 2. The number of fused-ring (bicyclic) bond motifs is 1. The second kappa shape index (κ2) is 6.92. The van der Waals surface area contributed by atoms with Gasteiger partial charge in [-0.2, -0.15) is 8.78 Å². The van der Waals surface area contributed by atoms with E-state index in [1.165, 1.54) is 16.7 Å². The predicted octanol–water partition coefficient (Wildman–Crippen LogP) is 5.24. The number of imidazole rings is 1. The van der Waals surface area contributed by atoms with Crippen LogP contribution in [0.1, 0.15) is 42.0 Å². The predicted molar refractivity (Wildman–Crippen MR) is 96.8 cm³/mol. The highest BCUT2D eigenvalue weighted by molar-refractivity contribution is 5.76. The maximum atomic E-state index is 13.7. The molecule has 3 rings (SSSR count). The monoisotopic (exact) mass is 343 g/mol. The first-order valence-electron chi connectivity index (χ1n) is 8.40. The van der Waals surface area contributed by atoms with E-state index in [2.05, 4.69) is 41.9 Å². The highest BCUT2D eigenvalue weighted by atomic mass is 19.3. The van der Waals surface area contributed by atoms with Gasteiger partial charge in [0.15, 0.2) is 0 Å². The summed E-state index contributed by atoms with van der Waals surface area (Å²) in [4.78, 5) is 6.53. The zero-order chi connectivity index (χ0) is 18.1. The van der Waals surface area contributed by atoms with Gasteiger partial charge in [0, 0.05) is 6.54 Å². The van der Waals surface area contributed by atoms with Gasteiger partial charge in [-0.25, -0.2) is 4.98 Å². The summed E-state index contributed by atoms with van der Waals surface area (Å²) in [6.45, 7) is 4.13. The lowest BCUT2D eigenvalue weighted by atomic mass is 10.0. The van der Waals surface area contributed by atoms with Gasteiger partial charge in [-0.3, -0.25) is 9.47 Å². The minimum atomic E-state index is -2.61. The van der Waals surface area contributed by atoms with E-state index >= 15 is 0 Å². The number of alkyl halides is 2. The molecule has 0 bridgehead atoms. The first-order chi connectivity index (χ1) is 11.9. The fourth-order valence-corrected chi connectivity index (χ4v) is 3.19. The number of hydrogen-bond acceptors (Lipinski definition) is 2. The summed E-state index contributed by atoms with van der Waals surface area (Å²) in [6.07, 6.45) is 0. The third-order valence-corrected chi connectivity index (χ3v) is 4.77. The Morgan fingerprint density at radius 3 is 2.52 bits per heavy atom. The van der Waals surface area contributed by atoms with Crippen LogP contribution in [0, 0.1) is 13.8 Å². The molecule has 0 saturated heterocycles. The van der Waals surface area contributed by atoms with Gasteiger partial charge in [0.2, 0.25) is 0 Å². The minimum absolute atomic E-state index is 0.234. The van der Waals surface area contributed by atoms with Gasteiger partial charge in [0.1, 0.15) is 5.82 Å². The van der Waals surface area contributed by atoms with Crippen LogP contribution in [0.5, 0.6) is 0 Å². The van der Waals surface area contributed by atoms with Crippen molar-refractivity contribution in [2.24, 2.45) is 0 Å². The third-order valence-electron chi connectivity index (χ3n) is 4.77. The Kier molecular flexibility index (Phi) is 4.86. The maximum absolute atomic E-state index is 13.7. The van der Waals surface area contributed by atoms with Gasteiger partial charge >= 0.3 is 6.55 Å². The number of nitrogens with zero attached hydrogens (tertiary/aromatic N) is 3. The molecule has 1 aromatic heterocycles. The molecule has 1 atom stereocenters. The molecule has 0 amide bonds. The van der Waals surface area contributed by atoms with Gasteiger partial charge in [-0.15, -0.1) is 0 Å². The molecule has 0 aliphatic carbocycles. The summed E-state index contributed by atoms with van der Waals surface area (Å²) in [6, 6.07) is 13.1. The van der Waals surface area contributed by atoms with E-state index in [0.29, 0.717) is 23.4 Å². The average molecular weight is 343 g/mol. The summed E-state index contributed by atoms with van der Waals surface area (Å²) in [5.41, 5.74) is 4.70. The molecule has 132 valence electrons. The average Bonchev–Trinajstić information content (AvgIpc) is 2.96. The molecule has 2 aromatic carbocycles. The van der Waals surface area contributed by atoms with Crippen LogP contribution in [0.4, 0.5) is 8.78 Å². The number of aryl methyl sites for hydroxylation is 2. The molecular formula is C20H23F2N3. The van der Waals surface area contributed by atoms with Crippen molar-refractivity contribution in [1.29, 1.82) is 0 Å². The smallest absolute Gasteiger partial charge is 0.292 e. The molecule has 0 spiro atoms. The molecule has 3 aromatic rings. The van der Waals surface area contributed by atoms with Crippen LogP contribution in [0.2, 0.25) is 0 Å². The Morgan fingerprint density at radius 2 is 1.84 bits per heavy atom. The Bertz CT molecular complexity index is 886. The fourth-order valence-electron chi connectivity index (χ4n) is 3.19. The molecule has 0 aliphatic heterocycles. The summed E-state index contributed by atoms with van der Waals surface area (Å²) in [5.74, 6) is 0.392. The highest BCUT2D eigenvalue weighted by Crippen LogP contribution is 2.29. The highest BCUT2D eigenvalue weighted by Gasteiger charge is 2.24. The topological polar surface area (TPSA) is 21.1 Å². The molecule has 0 aliphatic rings. The zero-order valence-corrected chi connectivity index (χ0v) is 15.0. The second-order valence-corrected chi connectivity index (χ2v) is 6.63. The number of para-hydroxylation sites is 2. The second-order valence-electron chi connectivity index (χ2n) is 6.63. The molecule has 25 heavy (non-hydrogen) atoms. The summed E-state index contributed by atoms with van der Waals surface area (Å²) < 4.78 is 28.3. The van der Waals surface area contributed by atoms with Crippen molar-refractivity contribution < 1.29 is 8.78 Å². The van der Waals surface area contributed by atoms with Crippen LogP contribution in [-0.4, -0.2) is 21.5 Å². The molecule has 0 saturated carbocycles. The van der Waals surface area contributed by atoms with Crippen LogP contribution >= 0.6 is 0 Å².